The van der Waals surface area contributed by atoms with Gasteiger partial charge >= 0.3 is 0 Å². The Kier molecular flexibility index (Phi) is 6.56. The third kappa shape index (κ3) is 5.32. The van der Waals surface area contributed by atoms with Crippen LogP contribution in [-0.4, -0.2) is 51.8 Å². The van der Waals surface area contributed by atoms with Gasteiger partial charge in [0.2, 0.25) is 5.91 Å². The van der Waals surface area contributed by atoms with Gasteiger partial charge in [0.15, 0.2) is 0 Å². The van der Waals surface area contributed by atoms with Crippen molar-refractivity contribution in [1.29, 1.82) is 10.8 Å². The summed E-state index contributed by atoms with van der Waals surface area (Å²) < 4.78 is 1.65. The SMILES string of the molecule is Cc1cnn(C)c1C(=N)/C=C\C(=N)NC(=O)C1CC12CCN(CC(C)C(C)(C)C)CC2. The van der Waals surface area contributed by atoms with Gasteiger partial charge in [-0.2, -0.15) is 5.10 Å². The average molecular weight is 427 g/mol. The van der Waals surface area contributed by atoms with Gasteiger partial charge in [0.05, 0.1) is 17.6 Å². The zero-order valence-corrected chi connectivity index (χ0v) is 19.9. The fourth-order valence-electron chi connectivity index (χ4n) is 4.55. The summed E-state index contributed by atoms with van der Waals surface area (Å²) in [5, 5.41) is 23.2. The Balaban J connectivity index is 1.46. The smallest absolute Gasteiger partial charge is 0.229 e. The number of allylic oxidation sites excluding steroid dienone is 1. The van der Waals surface area contributed by atoms with Crippen LogP contribution in [0.4, 0.5) is 0 Å². The first kappa shape index (κ1) is 23.4. The summed E-state index contributed by atoms with van der Waals surface area (Å²) in [5.41, 5.74) is 2.35. The van der Waals surface area contributed by atoms with Crippen molar-refractivity contribution in [3.63, 3.8) is 0 Å². The van der Waals surface area contributed by atoms with E-state index >= 15 is 0 Å². The summed E-state index contributed by atoms with van der Waals surface area (Å²) >= 11 is 0. The fourth-order valence-corrected chi connectivity index (χ4v) is 4.55. The highest BCUT2D eigenvalue weighted by Crippen LogP contribution is 2.59. The molecule has 0 bridgehead atoms. The number of amides is 1. The van der Waals surface area contributed by atoms with Crippen molar-refractivity contribution in [3.8, 4) is 0 Å². The number of nitrogens with one attached hydrogen (secondary N) is 3. The van der Waals surface area contributed by atoms with Crippen molar-refractivity contribution >= 4 is 17.5 Å². The lowest BCUT2D eigenvalue weighted by atomic mass is 9.81. The third-order valence-electron chi connectivity index (χ3n) is 7.42. The number of hydrogen-bond acceptors (Lipinski definition) is 5. The van der Waals surface area contributed by atoms with E-state index in [2.05, 4.69) is 43.0 Å². The second kappa shape index (κ2) is 8.69. The van der Waals surface area contributed by atoms with Crippen LogP contribution in [0.1, 0.15) is 58.2 Å². The van der Waals surface area contributed by atoms with E-state index in [1.807, 2.05) is 6.92 Å². The molecule has 0 radical (unpaired) electrons. The lowest BCUT2D eigenvalue weighted by Crippen LogP contribution is -2.41. The standard InChI is InChI=1S/C24H38N6O/c1-16-14-27-29(6)21(16)19(25)7-8-20(26)28-22(31)18-13-24(18)9-11-30(12-10-24)15-17(2)23(3,4)5/h7-8,14,17-18,25H,9-13,15H2,1-6H3,(H2,26,28,31)/b8-7-,25-19?. The molecule has 1 aliphatic heterocycles. The molecular formula is C24H38N6O. The maximum absolute atomic E-state index is 12.7. The molecule has 170 valence electrons. The third-order valence-corrected chi connectivity index (χ3v) is 7.42. The maximum atomic E-state index is 12.7. The van der Waals surface area contributed by atoms with Crippen LogP contribution in [0.3, 0.4) is 0 Å². The van der Waals surface area contributed by atoms with Gasteiger partial charge in [0, 0.05) is 19.5 Å². The number of aromatic nitrogens is 2. The molecule has 1 amide bonds. The molecule has 2 heterocycles. The number of aryl methyl sites for hydroxylation is 2. The van der Waals surface area contributed by atoms with Crippen molar-refractivity contribution < 1.29 is 4.79 Å². The quantitative estimate of drug-likeness (QED) is 0.479. The molecule has 2 atom stereocenters. The van der Waals surface area contributed by atoms with Crippen LogP contribution in [0, 0.1) is 40.4 Å². The highest BCUT2D eigenvalue weighted by atomic mass is 16.2. The minimum absolute atomic E-state index is 0.0159. The Morgan fingerprint density at radius 3 is 2.52 bits per heavy atom. The number of carbonyl (C=O) groups excluding carboxylic acids is 1. The second-order valence-corrected chi connectivity index (χ2v) is 10.6. The lowest BCUT2D eigenvalue weighted by Gasteiger charge is -2.37. The topological polar surface area (TPSA) is 97.9 Å². The van der Waals surface area contributed by atoms with E-state index in [9.17, 15) is 4.79 Å². The molecule has 1 saturated heterocycles. The summed E-state index contributed by atoms with van der Waals surface area (Å²) in [5.74, 6) is 0.644. The van der Waals surface area contributed by atoms with Crippen molar-refractivity contribution in [3.05, 3.63) is 29.6 Å². The molecule has 1 aromatic heterocycles. The van der Waals surface area contributed by atoms with Gasteiger partial charge in [-0.3, -0.25) is 20.3 Å². The average Bonchev–Trinajstić information content (AvgIpc) is 3.29. The van der Waals surface area contributed by atoms with Gasteiger partial charge in [0.1, 0.15) is 5.84 Å². The van der Waals surface area contributed by atoms with Crippen LogP contribution in [0.15, 0.2) is 18.3 Å². The first-order chi connectivity index (χ1) is 14.4. The highest BCUT2D eigenvalue weighted by molar-refractivity contribution is 6.11. The summed E-state index contributed by atoms with van der Waals surface area (Å²) in [6.07, 6.45) is 7.81. The molecule has 7 heteroatoms. The van der Waals surface area contributed by atoms with Gasteiger partial charge in [-0.25, -0.2) is 0 Å². The van der Waals surface area contributed by atoms with Gasteiger partial charge in [-0.15, -0.1) is 0 Å². The second-order valence-electron chi connectivity index (χ2n) is 10.6. The summed E-state index contributed by atoms with van der Waals surface area (Å²) in [7, 11) is 1.79. The lowest BCUT2D eigenvalue weighted by molar-refractivity contribution is -0.122. The van der Waals surface area contributed by atoms with E-state index in [0.717, 1.165) is 44.5 Å². The van der Waals surface area contributed by atoms with Crippen LogP contribution < -0.4 is 5.32 Å². The number of carbonyl (C=O) groups is 1. The Morgan fingerprint density at radius 2 is 1.97 bits per heavy atom. The van der Waals surface area contributed by atoms with Gasteiger partial charge < -0.3 is 10.2 Å². The summed E-state index contributed by atoms with van der Waals surface area (Å²) in [6, 6.07) is 0. The molecule has 0 aromatic carbocycles. The van der Waals surface area contributed by atoms with Gasteiger partial charge in [-0.05, 0) is 73.7 Å². The first-order valence-corrected chi connectivity index (χ1v) is 11.3. The van der Waals surface area contributed by atoms with E-state index in [1.54, 1.807) is 24.0 Å². The van der Waals surface area contributed by atoms with Crippen LogP contribution >= 0.6 is 0 Å². The van der Waals surface area contributed by atoms with E-state index in [-0.39, 0.29) is 28.8 Å². The Hall–Kier alpha value is -2.28. The molecule has 1 saturated carbocycles. The number of nitrogens with zero attached hydrogens (tertiary/aromatic N) is 3. The zero-order valence-electron chi connectivity index (χ0n) is 19.9. The Bertz CT molecular complexity index is 863. The molecule has 1 aromatic rings. The van der Waals surface area contributed by atoms with E-state index in [0.29, 0.717) is 17.0 Å². The number of piperidine rings is 1. The Labute approximate surface area is 186 Å². The molecule has 2 fully saturated rings. The predicted octanol–water partition coefficient (Wildman–Crippen LogP) is 3.53. The van der Waals surface area contributed by atoms with E-state index in [1.165, 1.54) is 6.08 Å². The minimum atomic E-state index is -0.0468. The minimum Gasteiger partial charge on any atom is -0.311 e. The first-order valence-electron chi connectivity index (χ1n) is 11.3. The molecule has 3 N–H and O–H groups in total. The molecule has 1 aliphatic carbocycles. The van der Waals surface area contributed by atoms with Crippen molar-refractivity contribution in [2.45, 2.75) is 53.9 Å². The number of rotatable bonds is 6. The van der Waals surface area contributed by atoms with Crippen LogP contribution in [-0.2, 0) is 11.8 Å². The zero-order chi connectivity index (χ0) is 23.0. The van der Waals surface area contributed by atoms with E-state index < -0.39 is 0 Å². The van der Waals surface area contributed by atoms with Crippen molar-refractivity contribution in [1.82, 2.24) is 20.0 Å². The maximum Gasteiger partial charge on any atom is 0.229 e. The molecule has 2 unspecified atom stereocenters. The largest absolute Gasteiger partial charge is 0.311 e. The monoisotopic (exact) mass is 426 g/mol. The summed E-state index contributed by atoms with van der Waals surface area (Å²) in [6.45, 7) is 14.4. The summed E-state index contributed by atoms with van der Waals surface area (Å²) in [4.78, 5) is 15.2. The fraction of sp³-hybridized carbons (Fsp3) is 0.667. The molecule has 7 nitrogen and oxygen atoms in total. The molecule has 1 spiro atoms. The molecule has 3 rings (SSSR count). The molecule has 2 aliphatic rings. The normalized spacial score (nSPS) is 21.9. The predicted molar refractivity (Wildman–Crippen MR) is 125 cm³/mol. The van der Waals surface area contributed by atoms with E-state index in [4.69, 9.17) is 10.8 Å². The number of hydrogen-bond donors (Lipinski definition) is 3. The highest BCUT2D eigenvalue weighted by Gasteiger charge is 2.58. The molecular weight excluding hydrogens is 388 g/mol. The van der Waals surface area contributed by atoms with Crippen molar-refractivity contribution in [2.75, 3.05) is 19.6 Å². The molecule has 31 heavy (non-hydrogen) atoms. The van der Waals surface area contributed by atoms with Crippen LogP contribution in [0.25, 0.3) is 0 Å². The van der Waals surface area contributed by atoms with Gasteiger partial charge in [-0.1, -0.05) is 27.7 Å². The van der Waals surface area contributed by atoms with Crippen LogP contribution in [0.2, 0.25) is 0 Å². The van der Waals surface area contributed by atoms with Gasteiger partial charge in [0.25, 0.3) is 0 Å². The Morgan fingerprint density at radius 1 is 1.32 bits per heavy atom. The van der Waals surface area contributed by atoms with Crippen molar-refractivity contribution in [2.24, 2.45) is 29.7 Å². The number of amidine groups is 1. The van der Waals surface area contributed by atoms with Crippen LogP contribution in [0.5, 0.6) is 0 Å². The number of likely N-dealkylation sites (tertiary alicyclic amines) is 1.